The van der Waals surface area contributed by atoms with Gasteiger partial charge < -0.3 is 15.0 Å². The Morgan fingerprint density at radius 1 is 1.27 bits per heavy atom. The number of ether oxygens (including phenoxy) is 1. The van der Waals surface area contributed by atoms with E-state index in [2.05, 4.69) is 21.8 Å². The molecule has 2 unspecified atom stereocenters. The fourth-order valence-electron chi connectivity index (χ4n) is 3.38. The molecule has 0 saturated heterocycles. The van der Waals surface area contributed by atoms with Crippen LogP contribution in [-0.4, -0.2) is 55.8 Å². The molecule has 8 heteroatoms. The van der Waals surface area contributed by atoms with Crippen LogP contribution in [0.1, 0.15) is 25.8 Å². The van der Waals surface area contributed by atoms with E-state index in [9.17, 15) is 9.18 Å². The molecule has 0 aliphatic heterocycles. The molecule has 0 aliphatic carbocycles. The number of carbonyl (C=O) groups is 1. The lowest BCUT2D eigenvalue weighted by Gasteiger charge is -2.19. The van der Waals surface area contributed by atoms with Crippen LogP contribution in [0.25, 0.3) is 0 Å². The number of amides is 1. The lowest BCUT2D eigenvalue weighted by Crippen LogP contribution is -2.22. The van der Waals surface area contributed by atoms with Crippen molar-refractivity contribution in [3.05, 3.63) is 89.7 Å². The molecule has 1 aromatic rings. The number of allylic oxidation sites excluding steroid dienone is 5. The molecule has 0 bridgehead atoms. The van der Waals surface area contributed by atoms with Gasteiger partial charge in [0.1, 0.15) is 17.6 Å². The first-order valence-electron chi connectivity index (χ1n) is 12.1. The number of nitrogens with zero attached hydrogens (tertiary/aromatic N) is 2. The van der Waals surface area contributed by atoms with Gasteiger partial charge >= 0.3 is 0 Å². The van der Waals surface area contributed by atoms with Gasteiger partial charge in [-0.2, -0.15) is 0 Å². The second kappa shape index (κ2) is 18.6. The number of halogens is 3. The number of carbonyl (C=O) groups excluding carboxylic acids is 1. The maximum atomic E-state index is 14.2. The molecule has 1 aromatic carbocycles. The fraction of sp³-hybridized carbons (Fsp3) is 0.379. The monoisotopic (exact) mass is 549 g/mol. The van der Waals surface area contributed by atoms with Gasteiger partial charge in [0.05, 0.1) is 6.61 Å². The summed E-state index contributed by atoms with van der Waals surface area (Å²) in [6.45, 7) is 8.59. The Morgan fingerprint density at radius 2 is 1.97 bits per heavy atom. The highest BCUT2D eigenvalue weighted by Gasteiger charge is 2.17. The number of hydrogen-bond donors (Lipinski definition) is 1. The van der Waals surface area contributed by atoms with Crippen molar-refractivity contribution in [2.24, 2.45) is 10.9 Å². The zero-order chi connectivity index (χ0) is 27.6. The zero-order valence-electron chi connectivity index (χ0n) is 22.1. The molecule has 0 saturated carbocycles. The molecule has 5 nitrogen and oxygen atoms in total. The first-order chi connectivity index (χ1) is 17.8. The maximum Gasteiger partial charge on any atom is 0.273 e. The molecule has 0 aliphatic rings. The summed E-state index contributed by atoms with van der Waals surface area (Å²) in [7, 11) is 4.01. The Kier molecular flexibility index (Phi) is 16.2. The third-order valence-electron chi connectivity index (χ3n) is 5.23. The molecular formula is C29H38Cl2FN3O2. The fourth-order valence-corrected chi connectivity index (χ4v) is 3.70. The van der Waals surface area contributed by atoms with Gasteiger partial charge in [0.2, 0.25) is 0 Å². The minimum Gasteiger partial charge on any atom is -0.493 e. The maximum absolute atomic E-state index is 14.2. The van der Waals surface area contributed by atoms with E-state index in [1.807, 2.05) is 58.3 Å². The van der Waals surface area contributed by atoms with Gasteiger partial charge in [-0.15, -0.1) is 18.2 Å². The standard InChI is InChI=1S/C29H38Cl2FN3O2/c1-6-9-27(29(36)34-25-12-10-22(11-13-25)20-35(4)5)33-19-16-24(14-17-30)28(8-3)37-21-23(7-2)26(32)15-18-31/h6-15,18,23,26H,2,16-17,19-21H2,1,3-5H3,(H,34,36)/b9-6-,18-15+,24-14-,28-8+,33-27?. The Balaban J connectivity index is 2.87. The number of hydrogen-bond acceptors (Lipinski definition) is 4. The number of alkyl halides is 2. The summed E-state index contributed by atoms with van der Waals surface area (Å²) in [4.78, 5) is 19.4. The average molecular weight is 551 g/mol. The van der Waals surface area contributed by atoms with E-state index in [0.29, 0.717) is 30.1 Å². The summed E-state index contributed by atoms with van der Waals surface area (Å²) in [6.07, 6.45) is 9.01. The first-order valence-corrected chi connectivity index (χ1v) is 13.1. The highest BCUT2D eigenvalue weighted by molar-refractivity contribution is 6.47. The minimum absolute atomic E-state index is 0.0913. The number of benzene rings is 1. The minimum atomic E-state index is -1.30. The van der Waals surface area contributed by atoms with Crippen LogP contribution in [0, 0.1) is 5.92 Å². The van der Waals surface area contributed by atoms with Crippen molar-refractivity contribution in [2.75, 3.05) is 38.4 Å². The zero-order valence-corrected chi connectivity index (χ0v) is 23.6. The van der Waals surface area contributed by atoms with Crippen LogP contribution in [0.3, 0.4) is 0 Å². The molecule has 1 amide bonds. The van der Waals surface area contributed by atoms with E-state index in [0.717, 1.165) is 23.2 Å². The van der Waals surface area contributed by atoms with E-state index in [4.69, 9.17) is 27.9 Å². The van der Waals surface area contributed by atoms with Crippen LogP contribution >= 0.6 is 23.2 Å². The van der Waals surface area contributed by atoms with Crippen molar-refractivity contribution >= 4 is 40.5 Å². The van der Waals surface area contributed by atoms with Gasteiger partial charge in [0.15, 0.2) is 0 Å². The second-order valence-corrected chi connectivity index (χ2v) is 8.98. The Hall–Kier alpha value is -2.67. The average Bonchev–Trinajstić information content (AvgIpc) is 2.86. The van der Waals surface area contributed by atoms with Gasteiger partial charge in [0.25, 0.3) is 5.91 Å². The van der Waals surface area contributed by atoms with Gasteiger partial charge in [-0.1, -0.05) is 42.0 Å². The number of aliphatic imine (C=N–C) groups is 1. The summed E-state index contributed by atoms with van der Waals surface area (Å²) in [5.41, 5.74) is 4.14. The van der Waals surface area contributed by atoms with Gasteiger partial charge in [-0.05, 0) is 75.9 Å². The van der Waals surface area contributed by atoms with Crippen molar-refractivity contribution in [2.45, 2.75) is 33.0 Å². The normalized spacial score (nSPS) is 14.9. The molecule has 1 rings (SSSR count). The number of anilines is 1. The van der Waals surface area contributed by atoms with E-state index in [1.54, 1.807) is 18.2 Å². The third-order valence-corrected chi connectivity index (χ3v) is 5.53. The summed E-state index contributed by atoms with van der Waals surface area (Å²) in [5, 5.41) is 2.90. The molecule has 0 aromatic heterocycles. The largest absolute Gasteiger partial charge is 0.493 e. The van der Waals surface area contributed by atoms with E-state index in [-0.39, 0.29) is 18.4 Å². The molecule has 0 fully saturated rings. The first kappa shape index (κ1) is 32.4. The third kappa shape index (κ3) is 12.4. The molecule has 0 heterocycles. The predicted octanol–water partition coefficient (Wildman–Crippen LogP) is 7.07. The number of nitrogens with one attached hydrogen (secondary N) is 1. The molecule has 0 radical (unpaired) electrons. The molecule has 2 atom stereocenters. The molecular weight excluding hydrogens is 512 g/mol. The van der Waals surface area contributed by atoms with Crippen molar-refractivity contribution in [3.8, 4) is 0 Å². The Bertz CT molecular complexity index is 999. The van der Waals surface area contributed by atoms with Crippen molar-refractivity contribution < 1.29 is 13.9 Å². The quantitative estimate of drug-likeness (QED) is 0.0788. The highest BCUT2D eigenvalue weighted by atomic mass is 35.5. The van der Waals surface area contributed by atoms with Gasteiger partial charge in [-0.3, -0.25) is 9.79 Å². The number of rotatable bonds is 16. The van der Waals surface area contributed by atoms with E-state index in [1.165, 1.54) is 12.2 Å². The summed E-state index contributed by atoms with van der Waals surface area (Å²) >= 11 is 11.5. The van der Waals surface area contributed by atoms with Crippen LogP contribution in [0.4, 0.5) is 10.1 Å². The lowest BCUT2D eigenvalue weighted by atomic mass is 10.0. The second-order valence-electron chi connectivity index (χ2n) is 8.42. The lowest BCUT2D eigenvalue weighted by molar-refractivity contribution is -0.110. The molecule has 1 N–H and O–H groups in total. The molecule has 37 heavy (non-hydrogen) atoms. The summed E-state index contributed by atoms with van der Waals surface area (Å²) < 4.78 is 20.1. The Morgan fingerprint density at radius 3 is 2.51 bits per heavy atom. The van der Waals surface area contributed by atoms with E-state index < -0.39 is 12.1 Å². The van der Waals surface area contributed by atoms with Gasteiger partial charge in [0, 0.05) is 36.1 Å². The van der Waals surface area contributed by atoms with Gasteiger partial charge in [-0.25, -0.2) is 4.39 Å². The topological polar surface area (TPSA) is 53.9 Å². The van der Waals surface area contributed by atoms with Crippen LogP contribution in [0.15, 0.2) is 89.2 Å². The smallest absolute Gasteiger partial charge is 0.273 e. The van der Waals surface area contributed by atoms with Crippen molar-refractivity contribution in [3.63, 3.8) is 0 Å². The summed E-state index contributed by atoms with van der Waals surface area (Å²) in [5.74, 6) is 0.0120. The van der Waals surface area contributed by atoms with E-state index >= 15 is 0 Å². The molecule has 202 valence electrons. The van der Waals surface area contributed by atoms with Crippen LogP contribution in [0.5, 0.6) is 0 Å². The van der Waals surface area contributed by atoms with Crippen LogP contribution in [0.2, 0.25) is 0 Å². The summed E-state index contributed by atoms with van der Waals surface area (Å²) in [6, 6.07) is 7.72. The predicted molar refractivity (Wildman–Crippen MR) is 156 cm³/mol. The SMILES string of the molecule is C=CC(COC(=C/C)/C(=C\CCl)CCN=C(/C=C\C)C(=O)Nc1ccc(CN(C)C)cc1)C(F)/C=C/Cl. The van der Waals surface area contributed by atoms with Crippen LogP contribution in [-0.2, 0) is 16.1 Å². The van der Waals surface area contributed by atoms with Crippen LogP contribution < -0.4 is 5.32 Å². The van der Waals surface area contributed by atoms with Crippen molar-refractivity contribution in [1.29, 1.82) is 0 Å². The highest BCUT2D eigenvalue weighted by Crippen LogP contribution is 2.20. The Labute approximate surface area is 231 Å². The molecule has 0 spiro atoms. The van der Waals surface area contributed by atoms with Crippen molar-refractivity contribution in [1.82, 2.24) is 4.90 Å².